The lowest BCUT2D eigenvalue weighted by atomic mass is 9.93. The lowest BCUT2D eigenvalue weighted by molar-refractivity contribution is -0.128. The SMILES string of the molecule is COc1ccc(CCNC(=O)[C@H]2CC(=O)N(C)[C@@H]2c2ccccc2)cc1OC. The third-order valence-corrected chi connectivity index (χ3v) is 5.23. The van der Waals surface area contributed by atoms with Gasteiger partial charge in [-0.15, -0.1) is 0 Å². The first-order valence-corrected chi connectivity index (χ1v) is 9.34. The van der Waals surface area contributed by atoms with Crippen molar-refractivity contribution in [1.29, 1.82) is 0 Å². The largest absolute Gasteiger partial charge is 0.493 e. The summed E-state index contributed by atoms with van der Waals surface area (Å²) >= 11 is 0. The van der Waals surface area contributed by atoms with Crippen LogP contribution in [0.2, 0.25) is 0 Å². The first-order chi connectivity index (χ1) is 13.5. The van der Waals surface area contributed by atoms with Crippen LogP contribution in [-0.4, -0.2) is 44.5 Å². The maximum Gasteiger partial charge on any atom is 0.226 e. The van der Waals surface area contributed by atoms with Gasteiger partial charge in [0.1, 0.15) is 0 Å². The fraction of sp³-hybridized carbons (Fsp3) is 0.364. The van der Waals surface area contributed by atoms with E-state index in [0.29, 0.717) is 24.5 Å². The highest BCUT2D eigenvalue weighted by molar-refractivity contribution is 5.90. The van der Waals surface area contributed by atoms with Gasteiger partial charge in [0.05, 0.1) is 26.2 Å². The highest BCUT2D eigenvalue weighted by atomic mass is 16.5. The molecule has 148 valence electrons. The molecule has 1 aliphatic heterocycles. The van der Waals surface area contributed by atoms with Gasteiger partial charge in [0.25, 0.3) is 0 Å². The average Bonchev–Trinajstić information content (AvgIpc) is 3.03. The molecule has 6 heteroatoms. The number of methoxy groups -OCH3 is 2. The van der Waals surface area contributed by atoms with E-state index >= 15 is 0 Å². The highest BCUT2D eigenvalue weighted by Gasteiger charge is 2.42. The number of carbonyl (C=O) groups is 2. The molecule has 0 aromatic heterocycles. The molecule has 6 nitrogen and oxygen atoms in total. The van der Waals surface area contributed by atoms with Crippen molar-refractivity contribution in [2.75, 3.05) is 27.8 Å². The van der Waals surface area contributed by atoms with Gasteiger partial charge in [-0.1, -0.05) is 36.4 Å². The zero-order chi connectivity index (χ0) is 20.1. The minimum Gasteiger partial charge on any atom is -0.493 e. The summed E-state index contributed by atoms with van der Waals surface area (Å²) in [5.74, 6) is 0.859. The predicted molar refractivity (Wildman–Crippen MR) is 106 cm³/mol. The van der Waals surface area contributed by atoms with E-state index in [1.807, 2.05) is 48.5 Å². The van der Waals surface area contributed by atoms with Gasteiger partial charge in [0.2, 0.25) is 11.8 Å². The monoisotopic (exact) mass is 382 g/mol. The Hall–Kier alpha value is -3.02. The van der Waals surface area contributed by atoms with E-state index in [4.69, 9.17) is 9.47 Å². The second-order valence-electron chi connectivity index (χ2n) is 6.90. The molecular weight excluding hydrogens is 356 g/mol. The molecule has 3 rings (SSSR count). The molecule has 1 saturated heterocycles. The summed E-state index contributed by atoms with van der Waals surface area (Å²) in [4.78, 5) is 26.7. The summed E-state index contributed by atoms with van der Waals surface area (Å²) in [6.07, 6.45) is 0.900. The number of benzene rings is 2. The lowest BCUT2D eigenvalue weighted by Crippen LogP contribution is -2.35. The molecule has 1 N–H and O–H groups in total. The van der Waals surface area contributed by atoms with Crippen LogP contribution in [0.15, 0.2) is 48.5 Å². The van der Waals surface area contributed by atoms with Crippen LogP contribution in [0, 0.1) is 5.92 Å². The number of rotatable bonds is 7. The fourth-order valence-electron chi connectivity index (χ4n) is 3.71. The molecule has 1 fully saturated rings. The topological polar surface area (TPSA) is 67.9 Å². The van der Waals surface area contributed by atoms with Crippen LogP contribution in [0.25, 0.3) is 0 Å². The summed E-state index contributed by atoms with van der Waals surface area (Å²) in [6, 6.07) is 15.2. The second kappa shape index (κ2) is 8.78. The number of ether oxygens (including phenoxy) is 2. The molecule has 2 aromatic rings. The smallest absolute Gasteiger partial charge is 0.226 e. The number of nitrogens with one attached hydrogen (secondary N) is 1. The van der Waals surface area contributed by atoms with Crippen LogP contribution in [0.4, 0.5) is 0 Å². The first-order valence-electron chi connectivity index (χ1n) is 9.34. The molecule has 1 heterocycles. The van der Waals surface area contributed by atoms with Crippen LogP contribution in [0.1, 0.15) is 23.6 Å². The highest BCUT2D eigenvalue weighted by Crippen LogP contribution is 2.37. The first kappa shape index (κ1) is 19.7. The standard InChI is InChI=1S/C22H26N2O4/c1-24-20(25)14-17(21(24)16-7-5-4-6-8-16)22(26)23-12-11-15-9-10-18(27-2)19(13-15)28-3/h4-10,13,17,21H,11-12,14H2,1-3H3,(H,23,26)/t17-,21+/m0/s1. The van der Waals surface area contributed by atoms with Crippen molar-refractivity contribution in [3.05, 3.63) is 59.7 Å². The number of likely N-dealkylation sites (tertiary alicyclic amines) is 1. The summed E-state index contributed by atoms with van der Waals surface area (Å²) in [6.45, 7) is 0.490. The van der Waals surface area contributed by atoms with E-state index in [0.717, 1.165) is 11.1 Å². The predicted octanol–water partition coefficient (Wildman–Crippen LogP) is 2.58. The van der Waals surface area contributed by atoms with Gasteiger partial charge < -0.3 is 19.7 Å². The van der Waals surface area contributed by atoms with E-state index in [-0.39, 0.29) is 30.2 Å². The van der Waals surface area contributed by atoms with Crippen molar-refractivity contribution in [1.82, 2.24) is 10.2 Å². The third-order valence-electron chi connectivity index (χ3n) is 5.23. The summed E-state index contributed by atoms with van der Waals surface area (Å²) < 4.78 is 10.6. The molecule has 0 spiro atoms. The van der Waals surface area contributed by atoms with Crippen LogP contribution < -0.4 is 14.8 Å². The molecule has 0 saturated carbocycles. The number of nitrogens with zero attached hydrogens (tertiary/aromatic N) is 1. The Morgan fingerprint density at radius 3 is 2.50 bits per heavy atom. The minimum atomic E-state index is -0.384. The zero-order valence-electron chi connectivity index (χ0n) is 16.5. The van der Waals surface area contributed by atoms with Gasteiger partial charge in [0.15, 0.2) is 11.5 Å². The van der Waals surface area contributed by atoms with E-state index in [2.05, 4.69) is 5.32 Å². The van der Waals surface area contributed by atoms with E-state index in [9.17, 15) is 9.59 Å². The quantitative estimate of drug-likeness (QED) is 0.799. The van der Waals surface area contributed by atoms with Crippen molar-refractivity contribution < 1.29 is 19.1 Å². The molecule has 0 bridgehead atoms. The Morgan fingerprint density at radius 2 is 1.82 bits per heavy atom. The number of carbonyl (C=O) groups excluding carboxylic acids is 2. The maximum atomic E-state index is 12.8. The molecular formula is C22H26N2O4. The van der Waals surface area contributed by atoms with Crippen LogP contribution in [0.5, 0.6) is 11.5 Å². The van der Waals surface area contributed by atoms with Gasteiger partial charge in [0, 0.05) is 20.0 Å². The van der Waals surface area contributed by atoms with Gasteiger partial charge in [-0.3, -0.25) is 9.59 Å². The Balaban J connectivity index is 1.63. The van der Waals surface area contributed by atoms with Crippen molar-refractivity contribution in [2.45, 2.75) is 18.9 Å². The number of hydrogen-bond acceptors (Lipinski definition) is 4. The number of hydrogen-bond donors (Lipinski definition) is 1. The Kier molecular flexibility index (Phi) is 6.19. The molecule has 2 atom stereocenters. The maximum absolute atomic E-state index is 12.8. The number of amides is 2. The Bertz CT molecular complexity index is 838. The molecule has 0 radical (unpaired) electrons. The van der Waals surface area contributed by atoms with Crippen molar-refractivity contribution >= 4 is 11.8 Å². The third kappa shape index (κ3) is 4.11. The van der Waals surface area contributed by atoms with Crippen molar-refractivity contribution in [2.24, 2.45) is 5.92 Å². The van der Waals surface area contributed by atoms with Gasteiger partial charge in [-0.2, -0.15) is 0 Å². The summed E-state index contributed by atoms with van der Waals surface area (Å²) in [5, 5.41) is 2.99. The van der Waals surface area contributed by atoms with E-state index < -0.39 is 0 Å². The van der Waals surface area contributed by atoms with Crippen LogP contribution >= 0.6 is 0 Å². The summed E-state index contributed by atoms with van der Waals surface area (Å²) in [7, 11) is 4.96. The van der Waals surface area contributed by atoms with Crippen molar-refractivity contribution in [3.8, 4) is 11.5 Å². The van der Waals surface area contributed by atoms with Gasteiger partial charge >= 0.3 is 0 Å². The van der Waals surface area contributed by atoms with Gasteiger partial charge in [-0.05, 0) is 29.7 Å². The second-order valence-corrected chi connectivity index (χ2v) is 6.90. The average molecular weight is 382 g/mol. The van der Waals surface area contributed by atoms with Gasteiger partial charge in [-0.25, -0.2) is 0 Å². The molecule has 0 unspecified atom stereocenters. The van der Waals surface area contributed by atoms with Crippen molar-refractivity contribution in [3.63, 3.8) is 0 Å². The normalized spacial score (nSPS) is 18.8. The molecule has 28 heavy (non-hydrogen) atoms. The molecule has 0 aliphatic carbocycles. The van der Waals surface area contributed by atoms with E-state index in [1.165, 1.54) is 0 Å². The molecule has 2 aromatic carbocycles. The van der Waals surface area contributed by atoms with Crippen LogP contribution in [-0.2, 0) is 16.0 Å². The molecule has 2 amide bonds. The lowest BCUT2D eigenvalue weighted by Gasteiger charge is -2.25. The van der Waals surface area contributed by atoms with Crippen LogP contribution in [0.3, 0.4) is 0 Å². The Morgan fingerprint density at radius 1 is 1.11 bits per heavy atom. The van der Waals surface area contributed by atoms with E-state index in [1.54, 1.807) is 26.2 Å². The zero-order valence-corrected chi connectivity index (χ0v) is 16.5. The Labute approximate surface area is 165 Å². The minimum absolute atomic E-state index is 0.00565. The summed E-state index contributed by atoms with van der Waals surface area (Å²) in [5.41, 5.74) is 2.02. The fourth-order valence-corrected chi connectivity index (χ4v) is 3.71. The molecule has 1 aliphatic rings.